The van der Waals surface area contributed by atoms with Gasteiger partial charge in [-0.15, -0.1) is 0 Å². The quantitative estimate of drug-likeness (QED) is 0.730. The van der Waals surface area contributed by atoms with Gasteiger partial charge < -0.3 is 4.74 Å². The van der Waals surface area contributed by atoms with E-state index in [0.717, 1.165) is 19.5 Å². The second-order valence-electron chi connectivity index (χ2n) is 6.49. The Morgan fingerprint density at radius 1 is 1.11 bits per heavy atom. The van der Waals surface area contributed by atoms with Crippen LogP contribution in [0.3, 0.4) is 0 Å². The molecule has 1 aliphatic rings. The van der Waals surface area contributed by atoms with Gasteiger partial charge in [-0.1, -0.05) is 6.42 Å². The predicted molar refractivity (Wildman–Crippen MR) is 74.8 cm³/mol. The van der Waals surface area contributed by atoms with Gasteiger partial charge in [-0.05, 0) is 60.0 Å². The predicted octanol–water partition coefficient (Wildman–Crippen LogP) is 3.03. The van der Waals surface area contributed by atoms with E-state index >= 15 is 0 Å². The highest BCUT2D eigenvalue weighted by Gasteiger charge is 2.35. The molecule has 0 spiro atoms. The molecule has 3 heteroatoms. The molecule has 0 atom stereocenters. The molecule has 1 saturated heterocycles. The van der Waals surface area contributed by atoms with Crippen LogP contribution in [0.2, 0.25) is 0 Å². The van der Waals surface area contributed by atoms with E-state index in [-0.39, 0.29) is 11.1 Å². The largest absolute Gasteiger partial charge is 0.379 e. The van der Waals surface area contributed by atoms with Crippen molar-refractivity contribution in [2.75, 3.05) is 20.2 Å². The van der Waals surface area contributed by atoms with Gasteiger partial charge in [-0.3, -0.25) is 9.69 Å². The topological polar surface area (TPSA) is 29.5 Å². The first-order valence-corrected chi connectivity index (χ1v) is 7.13. The molecule has 1 heterocycles. The normalized spacial score (nSPS) is 18.9. The van der Waals surface area contributed by atoms with Crippen LogP contribution in [0, 0.1) is 0 Å². The van der Waals surface area contributed by atoms with Crippen LogP contribution in [-0.4, -0.2) is 42.0 Å². The van der Waals surface area contributed by atoms with Crippen LogP contribution in [0.5, 0.6) is 0 Å². The number of likely N-dealkylation sites (tertiary alicyclic amines) is 1. The number of methoxy groups -OCH3 is 1. The first-order chi connectivity index (χ1) is 8.29. The number of rotatable bonds is 6. The van der Waals surface area contributed by atoms with Gasteiger partial charge >= 0.3 is 0 Å². The fourth-order valence-corrected chi connectivity index (χ4v) is 2.45. The van der Waals surface area contributed by atoms with E-state index in [2.05, 4.69) is 18.7 Å². The number of carbonyl (C=O) groups is 1. The fourth-order valence-electron chi connectivity index (χ4n) is 2.45. The average molecular weight is 255 g/mol. The van der Waals surface area contributed by atoms with Crippen molar-refractivity contribution in [2.45, 2.75) is 70.9 Å². The Morgan fingerprint density at radius 2 is 1.67 bits per heavy atom. The Hall–Kier alpha value is -0.410. The summed E-state index contributed by atoms with van der Waals surface area (Å²) in [6, 6.07) is 0. The number of ketones is 1. The molecule has 0 radical (unpaired) electrons. The molecule has 3 nitrogen and oxygen atoms in total. The van der Waals surface area contributed by atoms with Gasteiger partial charge in [-0.2, -0.15) is 0 Å². The zero-order valence-electron chi connectivity index (χ0n) is 12.7. The number of hydrogen-bond donors (Lipinski definition) is 0. The molecule has 0 aromatic heterocycles. The highest BCUT2D eigenvalue weighted by molar-refractivity contribution is 5.87. The first kappa shape index (κ1) is 15.6. The van der Waals surface area contributed by atoms with E-state index in [9.17, 15) is 4.79 Å². The lowest BCUT2D eigenvalue weighted by atomic mass is 9.88. The zero-order valence-corrected chi connectivity index (χ0v) is 12.7. The third kappa shape index (κ3) is 4.06. The van der Waals surface area contributed by atoms with Gasteiger partial charge in [0, 0.05) is 13.5 Å². The fraction of sp³-hybridized carbons (Fsp3) is 0.933. The maximum atomic E-state index is 12.4. The third-order valence-corrected chi connectivity index (χ3v) is 4.34. The lowest BCUT2D eigenvalue weighted by Gasteiger charge is -2.40. The maximum absolute atomic E-state index is 12.4. The first-order valence-electron chi connectivity index (χ1n) is 7.13. The number of ether oxygens (including phenoxy) is 1. The summed E-state index contributed by atoms with van der Waals surface area (Å²) in [5, 5.41) is 0. The van der Waals surface area contributed by atoms with Crippen molar-refractivity contribution in [1.29, 1.82) is 0 Å². The van der Waals surface area contributed by atoms with Gasteiger partial charge in [0.05, 0.1) is 11.1 Å². The monoisotopic (exact) mass is 255 g/mol. The Morgan fingerprint density at radius 3 is 2.17 bits per heavy atom. The van der Waals surface area contributed by atoms with E-state index in [4.69, 9.17) is 4.74 Å². The highest BCUT2D eigenvalue weighted by Crippen LogP contribution is 2.25. The second kappa shape index (κ2) is 6.16. The molecular formula is C15H29NO2. The summed E-state index contributed by atoms with van der Waals surface area (Å²) < 4.78 is 5.38. The van der Waals surface area contributed by atoms with E-state index < -0.39 is 0 Å². The summed E-state index contributed by atoms with van der Waals surface area (Å²) >= 11 is 0. The van der Waals surface area contributed by atoms with Gasteiger partial charge in [0.25, 0.3) is 0 Å². The molecular weight excluding hydrogens is 226 g/mol. The molecule has 0 aromatic rings. The van der Waals surface area contributed by atoms with Crippen molar-refractivity contribution >= 4 is 5.78 Å². The molecule has 1 aliphatic heterocycles. The minimum absolute atomic E-state index is 0.201. The maximum Gasteiger partial charge on any atom is 0.152 e. The molecule has 0 N–H and O–H groups in total. The summed E-state index contributed by atoms with van der Waals surface area (Å²) in [7, 11) is 1.71. The molecule has 18 heavy (non-hydrogen) atoms. The van der Waals surface area contributed by atoms with Crippen LogP contribution in [0.1, 0.15) is 59.8 Å². The summed E-state index contributed by atoms with van der Waals surface area (Å²) in [4.78, 5) is 14.8. The molecule has 1 fully saturated rings. The standard InChI is InChI=1S/C15H29NO2/c1-14(2,18-5)10-9-13(17)15(3,4)16-11-7-6-8-12-16/h6-12H2,1-5H3. The van der Waals surface area contributed by atoms with Crippen LogP contribution < -0.4 is 0 Å². The molecule has 0 aliphatic carbocycles. The Labute approximate surface area is 112 Å². The van der Waals surface area contributed by atoms with E-state index in [1.165, 1.54) is 19.3 Å². The number of piperidine rings is 1. The van der Waals surface area contributed by atoms with Crippen LogP contribution in [0.15, 0.2) is 0 Å². The molecule has 1 rings (SSSR count). The van der Waals surface area contributed by atoms with Crippen LogP contribution in [0.4, 0.5) is 0 Å². The summed E-state index contributed by atoms with van der Waals surface area (Å²) in [6.45, 7) is 10.3. The highest BCUT2D eigenvalue weighted by atomic mass is 16.5. The smallest absolute Gasteiger partial charge is 0.152 e. The van der Waals surface area contributed by atoms with Crippen molar-refractivity contribution in [3.8, 4) is 0 Å². The molecule has 106 valence electrons. The minimum Gasteiger partial charge on any atom is -0.379 e. The molecule has 0 saturated carbocycles. The van der Waals surface area contributed by atoms with E-state index in [1.54, 1.807) is 7.11 Å². The van der Waals surface area contributed by atoms with Gasteiger partial charge in [0.2, 0.25) is 0 Å². The van der Waals surface area contributed by atoms with Crippen molar-refractivity contribution in [2.24, 2.45) is 0 Å². The van der Waals surface area contributed by atoms with Crippen LogP contribution in [-0.2, 0) is 9.53 Å². The van der Waals surface area contributed by atoms with Crippen LogP contribution >= 0.6 is 0 Å². The van der Waals surface area contributed by atoms with Gasteiger partial charge in [-0.25, -0.2) is 0 Å². The molecule has 0 bridgehead atoms. The third-order valence-electron chi connectivity index (χ3n) is 4.34. The Bertz CT molecular complexity index is 278. The number of carbonyl (C=O) groups excluding carboxylic acids is 1. The Kier molecular flexibility index (Phi) is 5.35. The summed E-state index contributed by atoms with van der Waals surface area (Å²) in [5.74, 6) is 0.342. The van der Waals surface area contributed by atoms with E-state index in [1.807, 2.05) is 13.8 Å². The van der Waals surface area contributed by atoms with Crippen molar-refractivity contribution < 1.29 is 9.53 Å². The van der Waals surface area contributed by atoms with Crippen molar-refractivity contribution in [1.82, 2.24) is 4.90 Å². The lowest BCUT2D eigenvalue weighted by molar-refractivity contribution is -0.131. The molecule has 0 unspecified atom stereocenters. The van der Waals surface area contributed by atoms with Gasteiger partial charge in [0.15, 0.2) is 5.78 Å². The number of nitrogens with zero attached hydrogens (tertiary/aromatic N) is 1. The summed E-state index contributed by atoms with van der Waals surface area (Å²) in [5.41, 5.74) is -0.516. The van der Waals surface area contributed by atoms with Crippen LogP contribution in [0.25, 0.3) is 0 Å². The SMILES string of the molecule is COC(C)(C)CCC(=O)C(C)(C)N1CCCCC1. The Balaban J connectivity index is 2.53. The average Bonchev–Trinajstić information content (AvgIpc) is 2.37. The van der Waals surface area contributed by atoms with Crippen molar-refractivity contribution in [3.05, 3.63) is 0 Å². The lowest BCUT2D eigenvalue weighted by Crippen LogP contribution is -2.52. The summed E-state index contributed by atoms with van der Waals surface area (Å²) in [6.07, 6.45) is 5.14. The number of hydrogen-bond acceptors (Lipinski definition) is 3. The van der Waals surface area contributed by atoms with Gasteiger partial charge in [0.1, 0.15) is 0 Å². The molecule has 0 amide bonds. The van der Waals surface area contributed by atoms with E-state index in [0.29, 0.717) is 12.2 Å². The zero-order chi connectivity index (χ0) is 13.8. The minimum atomic E-state index is -0.315. The van der Waals surface area contributed by atoms with Crippen molar-refractivity contribution in [3.63, 3.8) is 0 Å². The second-order valence-corrected chi connectivity index (χ2v) is 6.49. The molecule has 0 aromatic carbocycles. The number of Topliss-reactive ketones (excluding diaryl/α,β-unsaturated/α-hetero) is 1.